The van der Waals surface area contributed by atoms with Gasteiger partial charge in [0.05, 0.1) is 14.9 Å². The Bertz CT molecular complexity index is 788. The Hall–Kier alpha value is -0.930. The van der Waals surface area contributed by atoms with Crippen molar-refractivity contribution in [1.82, 2.24) is 4.90 Å². The van der Waals surface area contributed by atoms with Crippen LogP contribution in [0, 0.1) is 5.82 Å². The number of hydrogen-bond donors (Lipinski definition) is 0. The fourth-order valence-corrected chi connectivity index (χ4v) is 2.07. The number of rotatable bonds is 2. The van der Waals surface area contributed by atoms with Gasteiger partial charge in [0, 0.05) is 29.1 Å². The quantitative estimate of drug-likeness (QED) is 0.822. The molecule has 1 heterocycles. The van der Waals surface area contributed by atoms with Crippen LogP contribution in [0.25, 0.3) is 0 Å². The summed E-state index contributed by atoms with van der Waals surface area (Å²) in [7, 11) is 0. The van der Waals surface area contributed by atoms with E-state index in [0.29, 0.717) is 10.5 Å². The second-order valence-electron chi connectivity index (χ2n) is 5.86. The van der Waals surface area contributed by atoms with E-state index in [-0.39, 0.29) is 5.56 Å². The highest BCUT2D eigenvalue weighted by Crippen LogP contribution is 2.26. The maximum atomic E-state index is 14.6. The van der Waals surface area contributed by atoms with E-state index >= 15 is 0 Å². The third kappa shape index (κ3) is 3.80. The van der Waals surface area contributed by atoms with Gasteiger partial charge in [0.25, 0.3) is 0 Å². The summed E-state index contributed by atoms with van der Waals surface area (Å²) < 4.78 is 91.6. The molecule has 2 nitrogen and oxygen atoms in total. The van der Waals surface area contributed by atoms with Crippen molar-refractivity contribution in [2.24, 2.45) is 0 Å². The van der Waals surface area contributed by atoms with Crippen molar-refractivity contribution in [2.45, 2.75) is 58.7 Å². The molecule has 0 N–H and O–H groups in total. The van der Waals surface area contributed by atoms with Gasteiger partial charge in [-0.05, 0) is 36.4 Å². The lowest BCUT2D eigenvalue weighted by atomic mass is 9.86. The Kier molecular flexibility index (Phi) is 2.15. The molecule has 2 rings (SSSR count). The van der Waals surface area contributed by atoms with E-state index in [1.807, 2.05) is 20.8 Å². The van der Waals surface area contributed by atoms with Crippen molar-refractivity contribution in [3.05, 3.63) is 35.1 Å². The molecule has 1 aliphatic rings. The molecule has 0 aliphatic carbocycles. The predicted octanol–water partition coefficient (Wildman–Crippen LogP) is 3.73. The summed E-state index contributed by atoms with van der Waals surface area (Å²) in [5, 5.41) is 0. The van der Waals surface area contributed by atoms with Gasteiger partial charge in [-0.25, -0.2) is 4.39 Å². The molecular weight excluding hydrogens is 253 g/mol. The Morgan fingerprint density at radius 2 is 2.15 bits per heavy atom. The molecule has 1 aliphatic heterocycles. The minimum Gasteiger partial charge on any atom is -0.373 e. The van der Waals surface area contributed by atoms with Gasteiger partial charge in [0.1, 0.15) is 5.82 Å². The number of halogens is 1. The summed E-state index contributed by atoms with van der Waals surface area (Å²) >= 11 is 0. The number of ether oxygens (including phenoxy) is 1. The molecular formula is C17H26FNO. The van der Waals surface area contributed by atoms with Crippen LogP contribution >= 0.6 is 0 Å². The van der Waals surface area contributed by atoms with Crippen LogP contribution in [-0.4, -0.2) is 30.1 Å². The third-order valence-corrected chi connectivity index (χ3v) is 2.97. The zero-order valence-electron chi connectivity index (χ0n) is 21.2. The van der Waals surface area contributed by atoms with Gasteiger partial charge >= 0.3 is 0 Å². The first kappa shape index (κ1) is 7.37. The van der Waals surface area contributed by atoms with Crippen LogP contribution in [0.5, 0.6) is 0 Å². The van der Waals surface area contributed by atoms with E-state index in [1.165, 1.54) is 12.1 Å². The van der Waals surface area contributed by atoms with E-state index in [0.717, 1.165) is 13.0 Å². The van der Waals surface area contributed by atoms with Gasteiger partial charge in [-0.15, -0.1) is 0 Å². The molecule has 1 aromatic carbocycles. The fraction of sp³-hybridized carbons (Fsp3) is 0.647. The largest absolute Gasteiger partial charge is 0.373 e. The van der Waals surface area contributed by atoms with E-state index < -0.39 is 49.8 Å². The second kappa shape index (κ2) is 5.82. The first-order valence-corrected chi connectivity index (χ1v) is 6.45. The average molecular weight is 288 g/mol. The van der Waals surface area contributed by atoms with Crippen LogP contribution in [0.2, 0.25) is 0 Å². The zero-order chi connectivity index (χ0) is 22.8. The molecule has 3 heteroatoms. The molecule has 0 aromatic heterocycles. The zero-order valence-corrected chi connectivity index (χ0v) is 12.2. The molecule has 0 radical (unpaired) electrons. The highest BCUT2D eigenvalue weighted by molar-refractivity contribution is 5.29. The number of morpholine rings is 1. The number of benzene rings is 1. The number of nitrogens with zero attached hydrogens (tertiary/aromatic N) is 1. The van der Waals surface area contributed by atoms with Crippen LogP contribution < -0.4 is 0 Å². The van der Waals surface area contributed by atoms with E-state index in [4.69, 9.17) is 17.1 Å². The van der Waals surface area contributed by atoms with Crippen LogP contribution in [0.3, 0.4) is 0 Å². The molecule has 1 saturated heterocycles. The van der Waals surface area contributed by atoms with Gasteiger partial charge in [-0.3, -0.25) is 4.90 Å². The van der Waals surface area contributed by atoms with Gasteiger partial charge < -0.3 is 4.74 Å². The molecule has 112 valence electrons. The Morgan fingerprint density at radius 3 is 2.75 bits per heavy atom. The summed E-state index contributed by atoms with van der Waals surface area (Å²) in [6, 6.07) is 4.13. The van der Waals surface area contributed by atoms with Gasteiger partial charge in [-0.2, -0.15) is 0 Å². The van der Waals surface area contributed by atoms with Crippen LogP contribution in [-0.2, 0) is 16.7 Å². The summed E-state index contributed by atoms with van der Waals surface area (Å²) in [5.41, 5.74) is 0.105. The van der Waals surface area contributed by atoms with Crippen LogP contribution in [0.15, 0.2) is 18.2 Å². The van der Waals surface area contributed by atoms with Crippen molar-refractivity contribution >= 4 is 0 Å². The normalized spacial score (nSPS) is 44.5. The lowest BCUT2D eigenvalue weighted by Gasteiger charge is -2.35. The van der Waals surface area contributed by atoms with Gasteiger partial charge in [-0.1, -0.05) is 32.9 Å². The Labute approximate surface area is 134 Å². The molecule has 0 saturated carbocycles. The second-order valence-corrected chi connectivity index (χ2v) is 5.86. The SMILES string of the molecule is [2H]C([2H])([2H])C1([2H])OC([2H])(C)C([2H])([2H])N(Cc2ccc(C(C)(C)C)c(F)c2)C1([2H])[2H]. The lowest BCUT2D eigenvalue weighted by molar-refractivity contribution is -0.0705. The van der Waals surface area contributed by atoms with Gasteiger partial charge in [0.15, 0.2) is 0 Å². The highest BCUT2D eigenvalue weighted by atomic mass is 19.1. The fourth-order valence-electron chi connectivity index (χ4n) is 2.07. The lowest BCUT2D eigenvalue weighted by Crippen LogP contribution is -2.44. The Morgan fingerprint density at radius 1 is 1.45 bits per heavy atom. The molecule has 0 bridgehead atoms. The average Bonchev–Trinajstić information content (AvgIpc) is 2.48. The standard InChI is InChI=1S/C17H26FNO/c1-12-9-19(10-13(2)20-12)11-14-6-7-15(16(18)8-14)17(3,4)5/h6-8,12-13H,9-11H2,1-5H3/i1D3,9D2,10D2,12D,13D. The van der Waals surface area contributed by atoms with E-state index in [2.05, 4.69) is 0 Å². The predicted molar refractivity (Wildman–Crippen MR) is 80.4 cm³/mol. The van der Waals surface area contributed by atoms with Crippen molar-refractivity contribution < 1.29 is 21.5 Å². The molecule has 20 heavy (non-hydrogen) atoms. The molecule has 1 aromatic rings. The third-order valence-electron chi connectivity index (χ3n) is 2.97. The maximum absolute atomic E-state index is 14.6. The minimum absolute atomic E-state index is 0.175. The summed E-state index contributed by atoms with van der Waals surface area (Å²) in [4.78, 5) is 0.460. The van der Waals surface area contributed by atoms with Crippen molar-refractivity contribution in [3.63, 3.8) is 0 Å². The maximum Gasteiger partial charge on any atom is 0.127 e. The summed E-state index contributed by atoms with van der Waals surface area (Å²) in [6.07, 6.45) is -5.80. The van der Waals surface area contributed by atoms with E-state index in [1.54, 1.807) is 0 Å². The summed E-state index contributed by atoms with van der Waals surface area (Å²) in [5.74, 6) is -0.564. The van der Waals surface area contributed by atoms with Crippen LogP contribution in [0.1, 0.15) is 58.0 Å². The Balaban J connectivity index is 2.58. The minimum atomic E-state index is -3.31. The highest BCUT2D eigenvalue weighted by Gasteiger charge is 2.23. The van der Waals surface area contributed by atoms with Crippen molar-refractivity contribution in [2.75, 3.05) is 13.0 Å². The van der Waals surface area contributed by atoms with Crippen molar-refractivity contribution in [3.8, 4) is 0 Å². The monoisotopic (exact) mass is 288 g/mol. The van der Waals surface area contributed by atoms with Gasteiger partial charge in [0.2, 0.25) is 0 Å². The summed E-state index contributed by atoms with van der Waals surface area (Å²) in [6.45, 7) is -3.44. The molecule has 0 spiro atoms. The first-order chi connectivity index (χ1) is 12.7. The molecule has 0 amide bonds. The van der Waals surface area contributed by atoms with E-state index in [9.17, 15) is 4.39 Å². The number of hydrogen-bond acceptors (Lipinski definition) is 2. The van der Waals surface area contributed by atoms with Crippen LogP contribution in [0.4, 0.5) is 4.39 Å². The topological polar surface area (TPSA) is 12.5 Å². The molecule has 2 unspecified atom stereocenters. The van der Waals surface area contributed by atoms with Crippen molar-refractivity contribution in [1.29, 1.82) is 0 Å². The smallest absolute Gasteiger partial charge is 0.127 e. The first-order valence-electron chi connectivity index (χ1n) is 11.0. The molecule has 1 fully saturated rings. The molecule has 2 atom stereocenters.